The number of carbonyl (C=O) groups excluding carboxylic acids is 1. The molecule has 1 atom stereocenters. The van der Waals surface area contributed by atoms with Gasteiger partial charge in [-0.1, -0.05) is 6.92 Å². The number of piperazine rings is 1. The van der Waals surface area contributed by atoms with Crippen molar-refractivity contribution in [2.75, 3.05) is 57.3 Å². The molecule has 3 fully saturated rings. The summed E-state index contributed by atoms with van der Waals surface area (Å²) >= 11 is 0. The van der Waals surface area contributed by atoms with E-state index in [0.717, 1.165) is 76.7 Å². The number of hydrogen-bond donors (Lipinski definition) is 1. The van der Waals surface area contributed by atoms with Gasteiger partial charge >= 0.3 is 6.09 Å². The number of nitrogens with one attached hydrogen (secondary N) is 1. The maximum Gasteiger partial charge on any atom is 0.410 e. The SMILES string of the molecule is CCN1CCN(c2cc(C3N(C(=O)OC(C)(C)C)CC34CCNCC4)ncn2)CC1. The van der Waals surface area contributed by atoms with Crippen LogP contribution in [-0.2, 0) is 4.74 Å². The number of anilines is 1. The molecule has 3 aliphatic heterocycles. The number of ether oxygens (including phenoxy) is 1. The number of nitrogens with zero attached hydrogens (tertiary/aromatic N) is 5. The van der Waals surface area contributed by atoms with Crippen LogP contribution in [0.3, 0.4) is 0 Å². The molecule has 1 aromatic heterocycles. The molecule has 1 N–H and O–H groups in total. The number of aromatic nitrogens is 2. The summed E-state index contributed by atoms with van der Waals surface area (Å²) < 4.78 is 5.71. The highest BCUT2D eigenvalue weighted by molar-refractivity contribution is 5.70. The van der Waals surface area contributed by atoms with E-state index < -0.39 is 5.60 Å². The first-order valence-electron chi connectivity index (χ1n) is 11.3. The molecule has 8 nitrogen and oxygen atoms in total. The summed E-state index contributed by atoms with van der Waals surface area (Å²) in [5.41, 5.74) is 0.514. The molecule has 4 heterocycles. The number of rotatable bonds is 3. The van der Waals surface area contributed by atoms with Crippen molar-refractivity contribution in [3.8, 4) is 0 Å². The molecule has 0 aliphatic carbocycles. The summed E-state index contributed by atoms with van der Waals surface area (Å²) in [6.45, 7) is 15.8. The molecule has 0 radical (unpaired) electrons. The van der Waals surface area contributed by atoms with E-state index in [-0.39, 0.29) is 17.6 Å². The number of amides is 1. The Morgan fingerprint density at radius 3 is 2.53 bits per heavy atom. The Hall–Kier alpha value is -1.93. The topological polar surface area (TPSA) is 73.8 Å². The van der Waals surface area contributed by atoms with E-state index in [9.17, 15) is 4.79 Å². The first-order valence-corrected chi connectivity index (χ1v) is 11.3. The molecule has 0 bridgehead atoms. The minimum absolute atomic E-state index is 0.0480. The zero-order valence-electron chi connectivity index (χ0n) is 18.9. The molecule has 3 saturated heterocycles. The number of carbonyl (C=O) groups is 1. The second kappa shape index (κ2) is 8.30. The maximum absolute atomic E-state index is 12.9. The monoisotopic (exact) mass is 416 g/mol. The van der Waals surface area contributed by atoms with Crippen molar-refractivity contribution in [1.29, 1.82) is 0 Å². The molecule has 0 aromatic carbocycles. The number of hydrogen-bond acceptors (Lipinski definition) is 7. The molecule has 1 amide bonds. The predicted octanol–water partition coefficient (Wildman–Crippen LogP) is 2.28. The van der Waals surface area contributed by atoms with Gasteiger partial charge in [-0.25, -0.2) is 14.8 Å². The van der Waals surface area contributed by atoms with Gasteiger partial charge in [-0.2, -0.15) is 0 Å². The highest BCUT2D eigenvalue weighted by Crippen LogP contribution is 2.54. The lowest BCUT2D eigenvalue weighted by Gasteiger charge is -2.58. The van der Waals surface area contributed by atoms with Gasteiger partial charge in [0.1, 0.15) is 17.7 Å². The molecule has 166 valence electrons. The van der Waals surface area contributed by atoms with E-state index in [4.69, 9.17) is 4.74 Å². The Morgan fingerprint density at radius 2 is 1.90 bits per heavy atom. The highest BCUT2D eigenvalue weighted by Gasteiger charge is 2.56. The Kier molecular flexibility index (Phi) is 5.90. The quantitative estimate of drug-likeness (QED) is 0.810. The summed E-state index contributed by atoms with van der Waals surface area (Å²) in [6, 6.07) is 2.06. The molecule has 30 heavy (non-hydrogen) atoms. The van der Waals surface area contributed by atoms with Crippen LogP contribution in [0.25, 0.3) is 0 Å². The number of likely N-dealkylation sites (N-methyl/N-ethyl adjacent to an activating group) is 1. The van der Waals surface area contributed by atoms with Crippen molar-refractivity contribution < 1.29 is 9.53 Å². The van der Waals surface area contributed by atoms with Crippen LogP contribution in [0.4, 0.5) is 10.6 Å². The van der Waals surface area contributed by atoms with Gasteiger partial charge < -0.3 is 19.9 Å². The Morgan fingerprint density at radius 1 is 1.20 bits per heavy atom. The zero-order valence-corrected chi connectivity index (χ0v) is 18.9. The Labute approximate surface area is 180 Å². The van der Waals surface area contributed by atoms with Crippen molar-refractivity contribution in [2.24, 2.45) is 5.41 Å². The summed E-state index contributed by atoms with van der Waals surface area (Å²) in [4.78, 5) is 28.8. The summed E-state index contributed by atoms with van der Waals surface area (Å²) in [7, 11) is 0. The lowest BCUT2D eigenvalue weighted by molar-refractivity contribution is -0.0987. The first kappa shape index (κ1) is 21.3. The smallest absolute Gasteiger partial charge is 0.410 e. The Bertz CT molecular complexity index is 750. The maximum atomic E-state index is 12.9. The number of likely N-dealkylation sites (tertiary alicyclic amines) is 1. The zero-order chi connectivity index (χ0) is 21.4. The van der Waals surface area contributed by atoms with Crippen molar-refractivity contribution in [1.82, 2.24) is 25.1 Å². The van der Waals surface area contributed by atoms with E-state index in [1.807, 2.05) is 25.7 Å². The minimum atomic E-state index is -0.506. The van der Waals surface area contributed by atoms with Crippen molar-refractivity contribution >= 4 is 11.9 Å². The fourth-order valence-electron chi connectivity index (χ4n) is 5.03. The van der Waals surface area contributed by atoms with Gasteiger partial charge in [-0.05, 0) is 53.2 Å². The molecule has 0 saturated carbocycles. The van der Waals surface area contributed by atoms with Crippen molar-refractivity contribution in [3.05, 3.63) is 18.1 Å². The summed E-state index contributed by atoms with van der Waals surface area (Å²) in [6.07, 6.45) is 3.52. The predicted molar refractivity (Wildman–Crippen MR) is 117 cm³/mol. The first-order chi connectivity index (χ1) is 14.3. The largest absolute Gasteiger partial charge is 0.444 e. The summed E-state index contributed by atoms with van der Waals surface area (Å²) in [5.74, 6) is 0.968. The van der Waals surface area contributed by atoms with Gasteiger partial charge in [0.05, 0.1) is 11.7 Å². The second-order valence-electron chi connectivity index (χ2n) is 9.85. The van der Waals surface area contributed by atoms with Crippen LogP contribution in [0.1, 0.15) is 52.3 Å². The van der Waals surface area contributed by atoms with Crippen molar-refractivity contribution in [2.45, 2.75) is 52.2 Å². The van der Waals surface area contributed by atoms with Gasteiger partial charge in [0, 0.05) is 44.2 Å². The number of piperidine rings is 1. The lowest BCUT2D eigenvalue weighted by Crippen LogP contribution is -2.64. The minimum Gasteiger partial charge on any atom is -0.444 e. The van der Waals surface area contributed by atoms with E-state index in [0.29, 0.717) is 0 Å². The van der Waals surface area contributed by atoms with Crippen LogP contribution in [-0.4, -0.2) is 83.8 Å². The second-order valence-corrected chi connectivity index (χ2v) is 9.85. The third-order valence-electron chi connectivity index (χ3n) is 6.70. The van der Waals surface area contributed by atoms with E-state index in [1.54, 1.807) is 6.33 Å². The van der Waals surface area contributed by atoms with Crippen LogP contribution in [0.5, 0.6) is 0 Å². The molecule has 4 rings (SSSR count). The van der Waals surface area contributed by atoms with Crippen LogP contribution in [0.2, 0.25) is 0 Å². The van der Waals surface area contributed by atoms with Crippen LogP contribution in [0, 0.1) is 5.41 Å². The highest BCUT2D eigenvalue weighted by atomic mass is 16.6. The fraction of sp³-hybridized carbons (Fsp3) is 0.773. The van der Waals surface area contributed by atoms with Crippen LogP contribution < -0.4 is 10.2 Å². The van der Waals surface area contributed by atoms with E-state index in [2.05, 4.69) is 38.1 Å². The Balaban J connectivity index is 1.57. The van der Waals surface area contributed by atoms with E-state index >= 15 is 0 Å². The molecule has 1 aromatic rings. The average Bonchev–Trinajstić information content (AvgIpc) is 2.72. The molecule has 1 spiro atoms. The van der Waals surface area contributed by atoms with Crippen LogP contribution >= 0.6 is 0 Å². The third kappa shape index (κ3) is 4.25. The molecular weight excluding hydrogens is 380 g/mol. The van der Waals surface area contributed by atoms with Crippen molar-refractivity contribution in [3.63, 3.8) is 0 Å². The fourth-order valence-corrected chi connectivity index (χ4v) is 5.03. The van der Waals surface area contributed by atoms with Gasteiger partial charge in [-0.3, -0.25) is 4.90 Å². The normalized spacial score (nSPS) is 24.6. The van der Waals surface area contributed by atoms with Gasteiger partial charge in [0.25, 0.3) is 0 Å². The standard InChI is InChI=1S/C22H36N6O2/c1-5-26-10-12-27(13-11-26)18-14-17(24-16-25-18)19-22(6-8-23-9-7-22)15-28(19)20(29)30-21(2,3)4/h14,16,19,23H,5-13,15H2,1-4H3. The average molecular weight is 417 g/mol. The van der Waals surface area contributed by atoms with Gasteiger partial charge in [-0.15, -0.1) is 0 Å². The molecule has 3 aliphatic rings. The lowest BCUT2D eigenvalue weighted by atomic mass is 9.64. The third-order valence-corrected chi connectivity index (χ3v) is 6.70. The molecule has 8 heteroatoms. The molecular formula is C22H36N6O2. The van der Waals surface area contributed by atoms with Gasteiger partial charge in [0.2, 0.25) is 0 Å². The summed E-state index contributed by atoms with van der Waals surface area (Å²) in [5, 5.41) is 3.45. The van der Waals surface area contributed by atoms with E-state index in [1.165, 1.54) is 0 Å². The van der Waals surface area contributed by atoms with Gasteiger partial charge in [0.15, 0.2) is 0 Å². The molecule has 1 unspecified atom stereocenters. The van der Waals surface area contributed by atoms with Crippen LogP contribution in [0.15, 0.2) is 12.4 Å².